The van der Waals surface area contributed by atoms with Crippen LogP contribution in [0.3, 0.4) is 0 Å². The van der Waals surface area contributed by atoms with Crippen LogP contribution in [0.4, 0.5) is 0 Å². The summed E-state index contributed by atoms with van der Waals surface area (Å²) in [6.45, 7) is 1.59. The van der Waals surface area contributed by atoms with E-state index in [9.17, 15) is 9.59 Å². The molecule has 2 amide bonds. The molecule has 0 bridgehead atoms. The first-order chi connectivity index (χ1) is 12.2. The third kappa shape index (κ3) is 3.10. The molecule has 7 heteroatoms. The molecule has 132 valence electrons. The Bertz CT molecular complexity index is 787. The molecule has 0 radical (unpaired) electrons. The standard InChI is InChI=1S/C18H23N5O2/c24-16-9-2-1-4-10-21(16)13-17(25)22-12-6-7-14(22)18-20-19-15-8-3-5-11-23(15)18/h3,5,8,11,14H,1-2,4,6-7,9-10,12-13H2/t14-/m0/s1. The second-order valence-electron chi connectivity index (χ2n) is 6.86. The number of carbonyl (C=O) groups excluding carboxylic acids is 2. The number of amides is 2. The molecule has 4 rings (SSSR count). The summed E-state index contributed by atoms with van der Waals surface area (Å²) in [6.07, 6.45) is 7.31. The second kappa shape index (κ2) is 6.82. The highest BCUT2D eigenvalue weighted by atomic mass is 16.2. The predicted octanol–water partition coefficient (Wildman–Crippen LogP) is 1.80. The predicted molar refractivity (Wildman–Crippen MR) is 91.7 cm³/mol. The zero-order valence-electron chi connectivity index (χ0n) is 14.3. The molecule has 0 saturated carbocycles. The molecule has 2 saturated heterocycles. The first kappa shape index (κ1) is 16.1. The van der Waals surface area contributed by atoms with E-state index >= 15 is 0 Å². The van der Waals surface area contributed by atoms with Crippen LogP contribution in [-0.2, 0) is 9.59 Å². The Morgan fingerprint density at radius 2 is 2.04 bits per heavy atom. The second-order valence-corrected chi connectivity index (χ2v) is 6.86. The molecular formula is C18H23N5O2. The van der Waals surface area contributed by atoms with E-state index in [1.165, 1.54) is 0 Å². The normalized spacial score (nSPS) is 21.8. The van der Waals surface area contributed by atoms with Crippen molar-refractivity contribution in [1.29, 1.82) is 0 Å². The summed E-state index contributed by atoms with van der Waals surface area (Å²) in [4.78, 5) is 28.7. The number of rotatable bonds is 3. The van der Waals surface area contributed by atoms with E-state index < -0.39 is 0 Å². The van der Waals surface area contributed by atoms with Crippen LogP contribution in [0.25, 0.3) is 5.65 Å². The van der Waals surface area contributed by atoms with E-state index in [1.54, 1.807) is 4.90 Å². The summed E-state index contributed by atoms with van der Waals surface area (Å²) in [7, 11) is 0. The topological polar surface area (TPSA) is 70.8 Å². The zero-order chi connectivity index (χ0) is 17.2. The van der Waals surface area contributed by atoms with Crippen LogP contribution in [0.15, 0.2) is 24.4 Å². The number of aromatic nitrogens is 3. The maximum Gasteiger partial charge on any atom is 0.242 e. The summed E-state index contributed by atoms with van der Waals surface area (Å²) in [6, 6.07) is 5.72. The summed E-state index contributed by atoms with van der Waals surface area (Å²) < 4.78 is 1.95. The molecule has 1 atom stereocenters. The SMILES string of the molecule is O=C1CCCCCN1CC(=O)N1CCC[C@H]1c1nnc2ccccn12. The number of likely N-dealkylation sites (tertiary alicyclic amines) is 2. The number of fused-ring (bicyclic) bond motifs is 1. The third-order valence-electron chi connectivity index (χ3n) is 5.21. The Kier molecular flexibility index (Phi) is 4.38. The van der Waals surface area contributed by atoms with Crippen molar-refractivity contribution in [3.63, 3.8) is 0 Å². The van der Waals surface area contributed by atoms with Crippen LogP contribution in [0.2, 0.25) is 0 Å². The molecule has 25 heavy (non-hydrogen) atoms. The van der Waals surface area contributed by atoms with Gasteiger partial charge in [0.05, 0.1) is 12.6 Å². The van der Waals surface area contributed by atoms with Gasteiger partial charge in [0.2, 0.25) is 11.8 Å². The zero-order valence-corrected chi connectivity index (χ0v) is 14.3. The maximum absolute atomic E-state index is 12.9. The van der Waals surface area contributed by atoms with E-state index in [4.69, 9.17) is 0 Å². The number of hydrogen-bond donors (Lipinski definition) is 0. The number of nitrogens with zero attached hydrogens (tertiary/aromatic N) is 5. The van der Waals surface area contributed by atoms with E-state index in [0.29, 0.717) is 19.5 Å². The first-order valence-electron chi connectivity index (χ1n) is 9.11. The van der Waals surface area contributed by atoms with Gasteiger partial charge in [-0.15, -0.1) is 10.2 Å². The lowest BCUT2D eigenvalue weighted by atomic mass is 10.2. The summed E-state index contributed by atoms with van der Waals surface area (Å²) in [5.74, 6) is 0.934. The van der Waals surface area contributed by atoms with Crippen molar-refractivity contribution >= 4 is 17.5 Å². The minimum atomic E-state index is -0.0630. The van der Waals surface area contributed by atoms with Gasteiger partial charge in [-0.3, -0.25) is 14.0 Å². The van der Waals surface area contributed by atoms with Crippen molar-refractivity contribution < 1.29 is 9.59 Å². The lowest BCUT2D eigenvalue weighted by Crippen LogP contribution is -2.42. The molecular weight excluding hydrogens is 318 g/mol. The molecule has 0 unspecified atom stereocenters. The Morgan fingerprint density at radius 3 is 2.96 bits per heavy atom. The van der Waals surface area contributed by atoms with E-state index in [1.807, 2.05) is 33.7 Å². The fraction of sp³-hybridized carbons (Fsp3) is 0.556. The van der Waals surface area contributed by atoms with Crippen molar-refractivity contribution in [3.05, 3.63) is 30.2 Å². The van der Waals surface area contributed by atoms with Gasteiger partial charge in [-0.25, -0.2) is 0 Å². The molecule has 7 nitrogen and oxygen atoms in total. The van der Waals surface area contributed by atoms with Crippen LogP contribution in [0, 0.1) is 0 Å². The average Bonchev–Trinajstić information content (AvgIpc) is 3.21. The van der Waals surface area contributed by atoms with Crippen molar-refractivity contribution in [2.75, 3.05) is 19.6 Å². The summed E-state index contributed by atoms with van der Waals surface area (Å²) in [5.41, 5.74) is 0.791. The highest BCUT2D eigenvalue weighted by Gasteiger charge is 2.34. The monoisotopic (exact) mass is 341 g/mol. The molecule has 2 aliphatic rings. The van der Waals surface area contributed by atoms with Crippen molar-refractivity contribution in [3.8, 4) is 0 Å². The lowest BCUT2D eigenvalue weighted by molar-refractivity contribution is -0.140. The average molecular weight is 341 g/mol. The first-order valence-corrected chi connectivity index (χ1v) is 9.11. The summed E-state index contributed by atoms with van der Waals surface area (Å²) >= 11 is 0. The lowest BCUT2D eigenvalue weighted by Gasteiger charge is -2.27. The molecule has 2 fully saturated rings. The van der Waals surface area contributed by atoms with Gasteiger partial charge in [-0.2, -0.15) is 0 Å². The molecule has 0 aromatic carbocycles. The maximum atomic E-state index is 12.9. The highest BCUT2D eigenvalue weighted by Crippen LogP contribution is 2.31. The van der Waals surface area contributed by atoms with Crippen LogP contribution in [0.5, 0.6) is 0 Å². The van der Waals surface area contributed by atoms with E-state index in [-0.39, 0.29) is 24.4 Å². The van der Waals surface area contributed by atoms with Gasteiger partial charge >= 0.3 is 0 Å². The van der Waals surface area contributed by atoms with Gasteiger partial charge in [0.25, 0.3) is 0 Å². The number of carbonyl (C=O) groups is 2. The Balaban J connectivity index is 1.53. The van der Waals surface area contributed by atoms with Gasteiger partial charge < -0.3 is 9.80 Å². The largest absolute Gasteiger partial charge is 0.333 e. The van der Waals surface area contributed by atoms with Crippen LogP contribution < -0.4 is 0 Å². The molecule has 0 aliphatic carbocycles. The fourth-order valence-electron chi connectivity index (χ4n) is 3.88. The minimum absolute atomic E-state index is 0.0189. The quantitative estimate of drug-likeness (QED) is 0.853. The van der Waals surface area contributed by atoms with Crippen molar-refractivity contribution in [2.24, 2.45) is 0 Å². The van der Waals surface area contributed by atoms with Crippen molar-refractivity contribution in [2.45, 2.75) is 44.6 Å². The number of hydrogen-bond acceptors (Lipinski definition) is 4. The molecule has 0 N–H and O–H groups in total. The molecule has 4 heterocycles. The van der Waals surface area contributed by atoms with Crippen molar-refractivity contribution in [1.82, 2.24) is 24.4 Å². The smallest absolute Gasteiger partial charge is 0.242 e. The Labute approximate surface area is 146 Å². The Hall–Kier alpha value is -2.44. The fourth-order valence-corrected chi connectivity index (χ4v) is 3.88. The molecule has 2 aromatic heterocycles. The minimum Gasteiger partial charge on any atom is -0.333 e. The van der Waals surface area contributed by atoms with Crippen LogP contribution in [-0.4, -0.2) is 55.8 Å². The molecule has 2 aromatic rings. The third-order valence-corrected chi connectivity index (χ3v) is 5.21. The number of pyridine rings is 1. The molecule has 0 spiro atoms. The highest BCUT2D eigenvalue weighted by molar-refractivity contribution is 5.85. The van der Waals surface area contributed by atoms with Gasteiger partial charge in [0.15, 0.2) is 11.5 Å². The van der Waals surface area contributed by atoms with Crippen LogP contribution in [0.1, 0.15) is 50.4 Å². The van der Waals surface area contributed by atoms with E-state index in [2.05, 4.69) is 10.2 Å². The van der Waals surface area contributed by atoms with Crippen LogP contribution >= 0.6 is 0 Å². The van der Waals surface area contributed by atoms with Gasteiger partial charge in [-0.05, 0) is 37.8 Å². The molecule has 2 aliphatic heterocycles. The van der Waals surface area contributed by atoms with E-state index in [0.717, 1.165) is 43.6 Å². The summed E-state index contributed by atoms with van der Waals surface area (Å²) in [5, 5.41) is 8.53. The van der Waals surface area contributed by atoms with Gasteiger partial charge in [0.1, 0.15) is 0 Å². The Morgan fingerprint density at radius 1 is 1.12 bits per heavy atom. The van der Waals surface area contributed by atoms with Gasteiger partial charge in [0, 0.05) is 25.7 Å². The van der Waals surface area contributed by atoms with Gasteiger partial charge in [-0.1, -0.05) is 12.5 Å².